The minimum absolute atomic E-state index is 0.0757. The fourth-order valence-corrected chi connectivity index (χ4v) is 2.83. The Morgan fingerprint density at radius 1 is 1.15 bits per heavy atom. The molecule has 0 fully saturated rings. The van der Waals surface area contributed by atoms with Crippen LogP contribution in [0.1, 0.15) is 41.9 Å². The lowest BCUT2D eigenvalue weighted by atomic mass is 10.1. The number of hydrogen-bond donors (Lipinski definition) is 1. The molecule has 3 aromatic rings. The summed E-state index contributed by atoms with van der Waals surface area (Å²) < 4.78 is 1.73. The van der Waals surface area contributed by atoms with Crippen molar-refractivity contribution in [3.63, 3.8) is 0 Å². The van der Waals surface area contributed by atoms with Crippen LogP contribution in [0, 0.1) is 6.92 Å². The first-order chi connectivity index (χ1) is 12.5. The van der Waals surface area contributed by atoms with Gasteiger partial charge in [-0.25, -0.2) is 4.98 Å². The second-order valence-corrected chi connectivity index (χ2v) is 6.56. The highest BCUT2D eigenvalue weighted by atomic mass is 16.1. The van der Waals surface area contributed by atoms with Crippen molar-refractivity contribution >= 4 is 16.9 Å². The normalized spacial score (nSPS) is 12.1. The van der Waals surface area contributed by atoms with Crippen LogP contribution in [-0.4, -0.2) is 21.5 Å². The molecule has 2 aromatic carbocycles. The summed E-state index contributed by atoms with van der Waals surface area (Å²) in [6.45, 7) is 6.19. The van der Waals surface area contributed by atoms with Gasteiger partial charge in [-0.1, -0.05) is 31.2 Å². The van der Waals surface area contributed by atoms with Gasteiger partial charge in [-0.2, -0.15) is 0 Å². The maximum Gasteiger partial charge on any atom is 0.272 e. The van der Waals surface area contributed by atoms with Crippen molar-refractivity contribution in [1.82, 2.24) is 14.9 Å². The number of aromatic nitrogens is 2. The molecule has 0 saturated heterocycles. The van der Waals surface area contributed by atoms with Crippen molar-refractivity contribution in [2.24, 2.45) is 0 Å². The predicted molar refractivity (Wildman–Crippen MR) is 104 cm³/mol. The van der Waals surface area contributed by atoms with E-state index in [1.165, 1.54) is 0 Å². The zero-order chi connectivity index (χ0) is 18.7. The number of para-hydroxylation sites is 2. The van der Waals surface area contributed by atoms with Gasteiger partial charge in [-0.3, -0.25) is 9.59 Å². The number of carbonyl (C=O) groups excluding carboxylic acids is 1. The molecule has 0 saturated carbocycles. The molecule has 0 spiro atoms. The highest BCUT2D eigenvalue weighted by Gasteiger charge is 2.10. The third-order valence-electron chi connectivity index (χ3n) is 4.56. The monoisotopic (exact) mass is 349 g/mol. The summed E-state index contributed by atoms with van der Waals surface area (Å²) in [7, 11) is 0. The fourth-order valence-electron chi connectivity index (χ4n) is 2.83. The number of nitrogens with zero attached hydrogens (tertiary/aromatic N) is 2. The lowest BCUT2D eigenvalue weighted by molar-refractivity contribution is 0.0939. The Morgan fingerprint density at radius 3 is 2.54 bits per heavy atom. The van der Waals surface area contributed by atoms with Crippen molar-refractivity contribution in [3.05, 3.63) is 75.7 Å². The van der Waals surface area contributed by atoms with Gasteiger partial charge in [-0.05, 0) is 50.1 Å². The summed E-state index contributed by atoms with van der Waals surface area (Å²) >= 11 is 0. The average molecular weight is 349 g/mol. The van der Waals surface area contributed by atoms with Crippen molar-refractivity contribution in [2.75, 3.05) is 0 Å². The van der Waals surface area contributed by atoms with Gasteiger partial charge < -0.3 is 9.88 Å². The van der Waals surface area contributed by atoms with E-state index >= 15 is 0 Å². The van der Waals surface area contributed by atoms with E-state index < -0.39 is 0 Å². The molecule has 0 aliphatic carbocycles. The van der Waals surface area contributed by atoms with E-state index in [0.29, 0.717) is 17.8 Å². The highest BCUT2D eigenvalue weighted by molar-refractivity contribution is 5.94. The van der Waals surface area contributed by atoms with Gasteiger partial charge in [-0.15, -0.1) is 0 Å². The Morgan fingerprint density at radius 2 is 1.85 bits per heavy atom. The third kappa shape index (κ3) is 3.67. The summed E-state index contributed by atoms with van der Waals surface area (Å²) in [6.07, 6.45) is 0.890. The standard InChI is InChI=1S/C21H23N3O2/c1-4-14(2)22-20(25)17-11-9-16(10-12-17)13-24-19-8-6-5-7-18(19)23-15(3)21(24)26/h5-12,14H,4,13H2,1-3H3,(H,22,25). The summed E-state index contributed by atoms with van der Waals surface area (Å²) in [4.78, 5) is 29.1. The maximum atomic E-state index is 12.6. The largest absolute Gasteiger partial charge is 0.350 e. The van der Waals surface area contributed by atoms with E-state index in [4.69, 9.17) is 0 Å². The van der Waals surface area contributed by atoms with Crippen molar-refractivity contribution in [3.8, 4) is 0 Å². The number of fused-ring (bicyclic) bond motifs is 1. The number of benzene rings is 2. The van der Waals surface area contributed by atoms with E-state index in [9.17, 15) is 9.59 Å². The topological polar surface area (TPSA) is 64.0 Å². The van der Waals surface area contributed by atoms with E-state index in [1.807, 2.05) is 50.2 Å². The lowest BCUT2D eigenvalue weighted by Gasteiger charge is -2.13. The number of nitrogens with one attached hydrogen (secondary N) is 1. The molecule has 5 heteroatoms. The predicted octanol–water partition coefficient (Wildman–Crippen LogP) is 3.28. The van der Waals surface area contributed by atoms with Gasteiger partial charge in [0.05, 0.1) is 17.6 Å². The number of aryl methyl sites for hydroxylation is 1. The maximum absolute atomic E-state index is 12.6. The molecule has 1 aromatic heterocycles. The van der Waals surface area contributed by atoms with Gasteiger partial charge in [0.15, 0.2) is 0 Å². The zero-order valence-electron chi connectivity index (χ0n) is 15.3. The second kappa shape index (κ2) is 7.52. The molecule has 1 atom stereocenters. The molecule has 3 rings (SSSR count). The van der Waals surface area contributed by atoms with Crippen LogP contribution < -0.4 is 10.9 Å². The second-order valence-electron chi connectivity index (χ2n) is 6.56. The van der Waals surface area contributed by atoms with E-state index in [-0.39, 0.29) is 17.5 Å². The molecular formula is C21H23N3O2. The molecule has 1 N–H and O–H groups in total. The first kappa shape index (κ1) is 17.9. The van der Waals surface area contributed by atoms with Crippen molar-refractivity contribution in [1.29, 1.82) is 0 Å². The summed E-state index contributed by atoms with van der Waals surface area (Å²) in [6, 6.07) is 15.1. The summed E-state index contributed by atoms with van der Waals surface area (Å²) in [5, 5.41) is 2.95. The SMILES string of the molecule is CCC(C)NC(=O)c1ccc(Cn2c(=O)c(C)nc3ccccc32)cc1. The van der Waals surface area contributed by atoms with Crippen LogP contribution in [0.25, 0.3) is 11.0 Å². The number of rotatable bonds is 5. The van der Waals surface area contributed by atoms with Crippen LogP contribution in [0.5, 0.6) is 0 Å². The molecule has 1 unspecified atom stereocenters. The van der Waals surface area contributed by atoms with Crippen LogP contribution in [0.15, 0.2) is 53.3 Å². The van der Waals surface area contributed by atoms with E-state index in [0.717, 1.165) is 23.0 Å². The Bertz CT molecular complexity index is 990. The van der Waals surface area contributed by atoms with Gasteiger partial charge in [0, 0.05) is 11.6 Å². The molecule has 1 amide bonds. The molecule has 1 heterocycles. The van der Waals surface area contributed by atoms with E-state index in [1.54, 1.807) is 23.6 Å². The lowest BCUT2D eigenvalue weighted by Crippen LogP contribution is -2.31. The molecule has 0 bridgehead atoms. The first-order valence-electron chi connectivity index (χ1n) is 8.85. The zero-order valence-corrected chi connectivity index (χ0v) is 15.3. The molecule has 0 aliphatic heterocycles. The Hall–Kier alpha value is -2.95. The average Bonchev–Trinajstić information content (AvgIpc) is 2.65. The minimum atomic E-state index is -0.0951. The molecule has 0 radical (unpaired) electrons. The van der Waals surface area contributed by atoms with Crippen LogP contribution in [0.2, 0.25) is 0 Å². The molecule has 5 nitrogen and oxygen atoms in total. The third-order valence-corrected chi connectivity index (χ3v) is 4.56. The summed E-state index contributed by atoms with van der Waals surface area (Å²) in [5.41, 5.74) is 3.58. The highest BCUT2D eigenvalue weighted by Crippen LogP contribution is 2.13. The van der Waals surface area contributed by atoms with Gasteiger partial charge >= 0.3 is 0 Å². The van der Waals surface area contributed by atoms with Crippen LogP contribution in [0.4, 0.5) is 0 Å². The smallest absolute Gasteiger partial charge is 0.272 e. The minimum Gasteiger partial charge on any atom is -0.350 e. The van der Waals surface area contributed by atoms with Crippen LogP contribution in [-0.2, 0) is 6.54 Å². The molecular weight excluding hydrogens is 326 g/mol. The Kier molecular flexibility index (Phi) is 5.16. The number of amides is 1. The van der Waals surface area contributed by atoms with Crippen molar-refractivity contribution in [2.45, 2.75) is 39.8 Å². The molecule has 134 valence electrons. The molecule has 26 heavy (non-hydrogen) atoms. The Balaban J connectivity index is 1.89. The first-order valence-corrected chi connectivity index (χ1v) is 8.85. The van der Waals surface area contributed by atoms with E-state index in [2.05, 4.69) is 10.3 Å². The van der Waals surface area contributed by atoms with Crippen LogP contribution in [0.3, 0.4) is 0 Å². The van der Waals surface area contributed by atoms with Crippen LogP contribution >= 0.6 is 0 Å². The number of hydrogen-bond acceptors (Lipinski definition) is 3. The fraction of sp³-hybridized carbons (Fsp3) is 0.286. The quantitative estimate of drug-likeness (QED) is 0.769. The molecule has 0 aliphatic rings. The van der Waals surface area contributed by atoms with Gasteiger partial charge in [0.2, 0.25) is 0 Å². The van der Waals surface area contributed by atoms with Crippen molar-refractivity contribution < 1.29 is 4.79 Å². The van der Waals surface area contributed by atoms with Gasteiger partial charge in [0.1, 0.15) is 5.69 Å². The Labute approximate surface area is 152 Å². The number of carbonyl (C=O) groups is 1. The summed E-state index contributed by atoms with van der Waals surface area (Å²) in [5.74, 6) is -0.0757. The van der Waals surface area contributed by atoms with Gasteiger partial charge in [0.25, 0.3) is 11.5 Å².